The van der Waals surface area contributed by atoms with E-state index in [1.165, 1.54) is 12.8 Å². The predicted molar refractivity (Wildman–Crippen MR) is 119 cm³/mol. The third-order valence-corrected chi connectivity index (χ3v) is 6.24. The highest BCUT2D eigenvalue weighted by atomic mass is 16.5. The first kappa shape index (κ1) is 21.4. The van der Waals surface area contributed by atoms with Crippen molar-refractivity contribution in [3.05, 3.63) is 29.1 Å². The molecule has 1 fully saturated rings. The Hall–Kier alpha value is -2.81. The van der Waals surface area contributed by atoms with Crippen LogP contribution in [0.15, 0.2) is 12.3 Å². The zero-order valence-electron chi connectivity index (χ0n) is 19.1. The van der Waals surface area contributed by atoms with Gasteiger partial charge in [0, 0.05) is 76.5 Å². The first-order valence-corrected chi connectivity index (χ1v) is 10.8. The van der Waals surface area contributed by atoms with E-state index in [9.17, 15) is 4.79 Å². The van der Waals surface area contributed by atoms with Crippen LogP contribution >= 0.6 is 0 Å². The monoisotopic (exact) mass is 428 g/mol. The van der Waals surface area contributed by atoms with Crippen LogP contribution in [-0.4, -0.2) is 73.8 Å². The highest BCUT2D eigenvalue weighted by Crippen LogP contribution is 2.36. The van der Waals surface area contributed by atoms with E-state index in [4.69, 9.17) is 14.6 Å². The van der Waals surface area contributed by atoms with E-state index in [0.29, 0.717) is 19.1 Å². The number of ether oxygens (including phenoxy) is 2. The second-order valence-corrected chi connectivity index (χ2v) is 8.46. The van der Waals surface area contributed by atoms with E-state index in [1.54, 1.807) is 4.90 Å². The molecule has 4 heterocycles. The number of hydrogen-bond acceptors (Lipinski definition) is 7. The van der Waals surface area contributed by atoms with Gasteiger partial charge in [-0.25, -0.2) is 9.78 Å². The molecular weight excluding hydrogens is 396 g/mol. The molecule has 0 atom stereocenters. The molecule has 0 N–H and O–H groups in total. The van der Waals surface area contributed by atoms with Crippen molar-refractivity contribution in [1.29, 1.82) is 0 Å². The molecule has 9 heteroatoms. The molecule has 31 heavy (non-hydrogen) atoms. The lowest BCUT2D eigenvalue weighted by Gasteiger charge is -2.29. The van der Waals surface area contributed by atoms with Gasteiger partial charge in [0.25, 0.3) is 0 Å². The number of carbonyl (C=O) groups is 1. The lowest BCUT2D eigenvalue weighted by Crippen LogP contribution is -2.37. The van der Waals surface area contributed by atoms with Gasteiger partial charge in [-0.05, 0) is 25.3 Å². The van der Waals surface area contributed by atoms with E-state index >= 15 is 0 Å². The van der Waals surface area contributed by atoms with E-state index < -0.39 is 0 Å². The molecule has 0 bridgehead atoms. The molecule has 4 rings (SSSR count). The number of aromatic nitrogens is 3. The van der Waals surface area contributed by atoms with Crippen LogP contribution in [0.25, 0.3) is 0 Å². The summed E-state index contributed by atoms with van der Waals surface area (Å²) in [5.74, 6) is 1.67. The van der Waals surface area contributed by atoms with Gasteiger partial charge in [-0.3, -0.25) is 4.68 Å². The normalized spacial score (nSPS) is 16.7. The van der Waals surface area contributed by atoms with Gasteiger partial charge in [0.05, 0.1) is 19.7 Å². The fourth-order valence-corrected chi connectivity index (χ4v) is 4.49. The zero-order valence-corrected chi connectivity index (χ0v) is 19.1. The molecule has 1 saturated heterocycles. The number of nitrogens with zero attached hydrogens (tertiary/aromatic N) is 6. The number of carbonyl (C=O) groups excluding carboxylic acids is 1. The smallest absolute Gasteiger partial charge is 0.409 e. The Morgan fingerprint density at radius 2 is 2.00 bits per heavy atom. The summed E-state index contributed by atoms with van der Waals surface area (Å²) in [7, 11) is 7.48. The van der Waals surface area contributed by atoms with E-state index in [1.807, 2.05) is 32.2 Å². The van der Waals surface area contributed by atoms with Crippen molar-refractivity contribution in [3.63, 3.8) is 0 Å². The maximum atomic E-state index is 12.2. The third kappa shape index (κ3) is 4.06. The van der Waals surface area contributed by atoms with Gasteiger partial charge in [-0.1, -0.05) is 0 Å². The topological polar surface area (TPSA) is 76.0 Å². The van der Waals surface area contributed by atoms with Crippen LogP contribution in [-0.2, 0) is 22.4 Å². The molecule has 2 aromatic rings. The number of anilines is 3. The molecule has 0 unspecified atom stereocenters. The molecule has 2 aliphatic rings. The molecule has 2 aliphatic heterocycles. The SMILES string of the molecule is COC(=O)N1CCc2c(c(N(C)c3cc(N(C)C)c(C)cn3)nn2C2CCOCC2)C1. The fraction of sp³-hybridized carbons (Fsp3) is 0.591. The van der Waals surface area contributed by atoms with E-state index in [0.717, 1.165) is 60.9 Å². The Morgan fingerprint density at radius 3 is 2.68 bits per heavy atom. The first-order chi connectivity index (χ1) is 14.9. The van der Waals surface area contributed by atoms with Crippen molar-refractivity contribution in [3.8, 4) is 0 Å². The van der Waals surface area contributed by atoms with Crippen LogP contribution in [0.5, 0.6) is 0 Å². The van der Waals surface area contributed by atoms with Crippen LogP contribution in [0.3, 0.4) is 0 Å². The van der Waals surface area contributed by atoms with Crippen molar-refractivity contribution in [2.75, 3.05) is 57.8 Å². The molecule has 2 aromatic heterocycles. The Morgan fingerprint density at radius 1 is 1.26 bits per heavy atom. The lowest BCUT2D eigenvalue weighted by molar-refractivity contribution is 0.0649. The molecule has 0 aromatic carbocycles. The highest BCUT2D eigenvalue weighted by Gasteiger charge is 2.32. The minimum atomic E-state index is -0.304. The summed E-state index contributed by atoms with van der Waals surface area (Å²) in [6.07, 6.45) is 4.25. The highest BCUT2D eigenvalue weighted by molar-refractivity contribution is 5.70. The average molecular weight is 429 g/mol. The van der Waals surface area contributed by atoms with Gasteiger partial charge in [-0.15, -0.1) is 0 Å². The summed E-state index contributed by atoms with van der Waals surface area (Å²) in [5, 5.41) is 5.06. The average Bonchev–Trinajstić information content (AvgIpc) is 3.17. The molecule has 0 spiro atoms. The fourth-order valence-electron chi connectivity index (χ4n) is 4.49. The van der Waals surface area contributed by atoms with E-state index in [-0.39, 0.29) is 6.09 Å². The summed E-state index contributed by atoms with van der Waals surface area (Å²) in [4.78, 5) is 22.7. The van der Waals surface area contributed by atoms with Gasteiger partial charge in [0.2, 0.25) is 0 Å². The van der Waals surface area contributed by atoms with Crippen molar-refractivity contribution in [2.24, 2.45) is 0 Å². The summed E-state index contributed by atoms with van der Waals surface area (Å²) >= 11 is 0. The van der Waals surface area contributed by atoms with Gasteiger partial charge in [-0.2, -0.15) is 5.10 Å². The second kappa shape index (κ2) is 8.74. The Bertz CT molecular complexity index is 951. The number of fused-ring (bicyclic) bond motifs is 1. The van der Waals surface area contributed by atoms with Crippen LogP contribution in [0.1, 0.15) is 35.7 Å². The second-order valence-electron chi connectivity index (χ2n) is 8.46. The molecule has 1 amide bonds. The molecule has 0 radical (unpaired) electrons. The minimum Gasteiger partial charge on any atom is -0.453 e. The molecule has 9 nitrogen and oxygen atoms in total. The van der Waals surface area contributed by atoms with Crippen LogP contribution in [0.4, 0.5) is 22.1 Å². The summed E-state index contributed by atoms with van der Waals surface area (Å²) < 4.78 is 12.7. The summed E-state index contributed by atoms with van der Waals surface area (Å²) in [6.45, 7) is 4.68. The molecule has 168 valence electrons. The third-order valence-electron chi connectivity index (χ3n) is 6.24. The van der Waals surface area contributed by atoms with Crippen molar-refractivity contribution < 1.29 is 14.3 Å². The first-order valence-electron chi connectivity index (χ1n) is 10.8. The number of aryl methyl sites for hydroxylation is 1. The van der Waals surface area contributed by atoms with Crippen molar-refractivity contribution in [2.45, 2.75) is 38.8 Å². The van der Waals surface area contributed by atoms with E-state index in [2.05, 4.69) is 27.6 Å². The Balaban J connectivity index is 1.75. The summed E-state index contributed by atoms with van der Waals surface area (Å²) in [5.41, 5.74) is 4.51. The van der Waals surface area contributed by atoms with Crippen LogP contribution < -0.4 is 9.80 Å². The lowest BCUT2D eigenvalue weighted by atomic mass is 10.0. The number of amides is 1. The van der Waals surface area contributed by atoms with Crippen LogP contribution in [0, 0.1) is 6.92 Å². The molecule has 0 aliphatic carbocycles. The minimum absolute atomic E-state index is 0.304. The maximum absolute atomic E-state index is 12.2. The number of hydrogen-bond donors (Lipinski definition) is 0. The number of rotatable bonds is 4. The van der Waals surface area contributed by atoms with Gasteiger partial charge in [0.1, 0.15) is 5.82 Å². The number of pyridine rings is 1. The zero-order chi connectivity index (χ0) is 22.1. The quantitative estimate of drug-likeness (QED) is 0.741. The maximum Gasteiger partial charge on any atom is 0.409 e. The Labute approximate surface area is 183 Å². The van der Waals surface area contributed by atoms with Gasteiger partial charge < -0.3 is 24.2 Å². The largest absolute Gasteiger partial charge is 0.453 e. The van der Waals surface area contributed by atoms with Gasteiger partial charge in [0.15, 0.2) is 5.82 Å². The van der Waals surface area contributed by atoms with Crippen molar-refractivity contribution in [1.82, 2.24) is 19.7 Å². The van der Waals surface area contributed by atoms with Crippen molar-refractivity contribution >= 4 is 23.4 Å². The van der Waals surface area contributed by atoms with Crippen LogP contribution in [0.2, 0.25) is 0 Å². The van der Waals surface area contributed by atoms with Gasteiger partial charge >= 0.3 is 6.09 Å². The summed E-state index contributed by atoms with van der Waals surface area (Å²) in [6, 6.07) is 2.40. The standard InChI is InChI=1S/C22H32N6O3/c1-15-13-23-20(12-19(15)25(2)3)26(4)21-17-14-27(22(29)30-5)9-6-18(17)28(24-21)16-7-10-31-11-8-16/h12-13,16H,6-11,14H2,1-5H3. The molecule has 0 saturated carbocycles. The predicted octanol–water partition coefficient (Wildman–Crippen LogP) is 2.90. The molecular formula is C22H32N6O3. The Kier molecular flexibility index (Phi) is 6.04. The number of methoxy groups -OCH3 is 1.